The Bertz CT molecular complexity index is 1210. The van der Waals surface area contributed by atoms with Gasteiger partial charge in [-0.25, -0.2) is 9.97 Å². The summed E-state index contributed by atoms with van der Waals surface area (Å²) in [5.41, 5.74) is 4.36. The van der Waals surface area contributed by atoms with Crippen LogP contribution in [-0.4, -0.2) is 21.6 Å². The molecule has 0 aliphatic carbocycles. The summed E-state index contributed by atoms with van der Waals surface area (Å²) >= 11 is 1.58. The van der Waals surface area contributed by atoms with E-state index in [-0.39, 0.29) is 5.75 Å². The van der Waals surface area contributed by atoms with Crippen molar-refractivity contribution in [1.29, 1.82) is 0 Å². The monoisotopic (exact) mass is 419 g/mol. The maximum Gasteiger partial charge on any atom is 0.387 e. The maximum absolute atomic E-state index is 12.4. The maximum atomic E-state index is 12.4. The Morgan fingerprint density at radius 1 is 0.900 bits per heavy atom. The van der Waals surface area contributed by atoms with Crippen molar-refractivity contribution in [2.45, 2.75) is 6.61 Å². The highest BCUT2D eigenvalue weighted by Crippen LogP contribution is 2.32. The summed E-state index contributed by atoms with van der Waals surface area (Å²) in [5.74, 6) is 0.815. The van der Waals surface area contributed by atoms with E-state index in [9.17, 15) is 8.78 Å². The summed E-state index contributed by atoms with van der Waals surface area (Å²) in [7, 11) is 0. The number of alkyl halides is 2. The molecule has 0 aliphatic heterocycles. The molecule has 2 aromatic heterocycles. The number of ether oxygens (including phenoxy) is 1. The molecule has 30 heavy (non-hydrogen) atoms. The zero-order valence-electron chi connectivity index (χ0n) is 15.5. The number of halogens is 2. The van der Waals surface area contributed by atoms with Gasteiger partial charge in [0.15, 0.2) is 0 Å². The van der Waals surface area contributed by atoms with Gasteiger partial charge in [0.05, 0.1) is 26.8 Å². The van der Waals surface area contributed by atoms with Crippen LogP contribution in [0.5, 0.6) is 5.75 Å². The first-order valence-corrected chi connectivity index (χ1v) is 10.0. The highest BCUT2D eigenvalue weighted by Gasteiger charge is 2.15. The quantitative estimate of drug-likeness (QED) is 0.360. The second-order valence-electron chi connectivity index (χ2n) is 6.59. The van der Waals surface area contributed by atoms with Crippen LogP contribution < -0.4 is 4.74 Å². The van der Waals surface area contributed by atoms with E-state index in [0.29, 0.717) is 5.82 Å². The van der Waals surface area contributed by atoms with Crippen LogP contribution in [0.15, 0.2) is 72.8 Å². The molecule has 5 aromatic rings. The Labute approximate surface area is 174 Å². The molecular formula is C23H15F2N3OS. The van der Waals surface area contributed by atoms with E-state index < -0.39 is 6.61 Å². The Morgan fingerprint density at radius 2 is 1.63 bits per heavy atom. The summed E-state index contributed by atoms with van der Waals surface area (Å²) in [6.07, 6.45) is 1.95. The van der Waals surface area contributed by atoms with Gasteiger partial charge < -0.3 is 9.72 Å². The molecule has 0 unspecified atom stereocenters. The normalized spacial score (nSPS) is 12.2. The van der Waals surface area contributed by atoms with Crippen LogP contribution >= 0.6 is 11.3 Å². The van der Waals surface area contributed by atoms with Gasteiger partial charge in [-0.15, -0.1) is 11.3 Å². The number of nitrogens with one attached hydrogen (secondary N) is 1. The molecule has 148 valence electrons. The summed E-state index contributed by atoms with van der Waals surface area (Å²) in [6.45, 7) is -2.85. The van der Waals surface area contributed by atoms with E-state index in [2.05, 4.69) is 9.72 Å². The second-order valence-corrected chi connectivity index (χ2v) is 7.63. The third kappa shape index (κ3) is 3.67. The van der Waals surface area contributed by atoms with Crippen LogP contribution in [0.3, 0.4) is 0 Å². The third-order valence-electron chi connectivity index (χ3n) is 4.59. The lowest BCUT2D eigenvalue weighted by molar-refractivity contribution is -0.0498. The van der Waals surface area contributed by atoms with Gasteiger partial charge in [0, 0.05) is 0 Å². The summed E-state index contributed by atoms with van der Waals surface area (Å²) in [4.78, 5) is 12.9. The number of aromatic amines is 1. The van der Waals surface area contributed by atoms with Gasteiger partial charge in [0.25, 0.3) is 0 Å². The predicted octanol–water partition coefficient (Wildman–Crippen LogP) is 6.36. The number of hydrogen-bond donors (Lipinski definition) is 1. The first-order chi connectivity index (χ1) is 14.7. The molecule has 0 fully saturated rings. The van der Waals surface area contributed by atoms with Crippen molar-refractivity contribution in [1.82, 2.24) is 15.0 Å². The molecule has 4 nitrogen and oxygen atoms in total. The Morgan fingerprint density at radius 3 is 2.37 bits per heavy atom. The van der Waals surface area contributed by atoms with Crippen molar-refractivity contribution in [3.63, 3.8) is 0 Å². The Hall–Kier alpha value is -3.58. The molecule has 2 heterocycles. The van der Waals surface area contributed by atoms with Crippen LogP contribution in [0.2, 0.25) is 0 Å². The molecule has 5 rings (SSSR count). The molecule has 0 radical (unpaired) electrons. The average molecular weight is 419 g/mol. The second kappa shape index (κ2) is 7.68. The van der Waals surface area contributed by atoms with E-state index in [1.165, 1.54) is 12.1 Å². The van der Waals surface area contributed by atoms with Gasteiger partial charge in [-0.2, -0.15) is 8.78 Å². The number of imidazole rings is 1. The number of hydrogen-bond acceptors (Lipinski definition) is 4. The molecule has 1 N–H and O–H groups in total. The highest BCUT2D eigenvalue weighted by molar-refractivity contribution is 7.19. The number of fused-ring (bicyclic) bond motifs is 2. The zero-order chi connectivity index (χ0) is 20.5. The van der Waals surface area contributed by atoms with Crippen molar-refractivity contribution in [3.05, 3.63) is 89.2 Å². The fourth-order valence-electron chi connectivity index (χ4n) is 3.21. The average Bonchev–Trinajstić information content (AvgIpc) is 3.36. The molecular weight excluding hydrogens is 404 g/mol. The number of thiazole rings is 1. The fourth-order valence-corrected chi connectivity index (χ4v) is 4.19. The zero-order valence-corrected chi connectivity index (χ0v) is 16.4. The van der Waals surface area contributed by atoms with Crippen molar-refractivity contribution >= 4 is 44.2 Å². The van der Waals surface area contributed by atoms with Crippen LogP contribution in [0.1, 0.15) is 16.4 Å². The number of para-hydroxylation sites is 3. The van der Waals surface area contributed by atoms with Crippen LogP contribution in [-0.2, 0) is 0 Å². The SMILES string of the molecule is FC(F)Oc1ccc(/C=C(\c2nc3ccccc3[nH]2)c2nc3ccccc3s2)cc1. The van der Waals surface area contributed by atoms with Gasteiger partial charge in [0.1, 0.15) is 16.6 Å². The molecule has 0 aliphatic rings. The molecule has 0 saturated carbocycles. The Balaban J connectivity index is 1.62. The van der Waals surface area contributed by atoms with Crippen molar-refractivity contribution in [2.75, 3.05) is 0 Å². The largest absolute Gasteiger partial charge is 0.435 e. The molecule has 0 atom stereocenters. The van der Waals surface area contributed by atoms with Crippen LogP contribution in [0.25, 0.3) is 32.9 Å². The molecule has 0 saturated heterocycles. The first kappa shape index (κ1) is 18.4. The standard InChI is InChI=1S/C23H15F2N3OS/c24-23(25)29-15-11-9-14(10-12-15)13-16(21-26-17-5-1-2-6-18(17)27-21)22-28-19-7-3-4-8-20(19)30-22/h1-13,23H,(H,26,27)/b16-13+. The van der Waals surface area contributed by atoms with E-state index in [1.807, 2.05) is 54.6 Å². The lowest BCUT2D eigenvalue weighted by Crippen LogP contribution is -2.01. The minimum atomic E-state index is -2.85. The van der Waals surface area contributed by atoms with E-state index in [4.69, 9.17) is 9.97 Å². The molecule has 0 amide bonds. The van der Waals surface area contributed by atoms with Crippen molar-refractivity contribution < 1.29 is 13.5 Å². The number of rotatable bonds is 5. The number of aromatic nitrogens is 3. The molecule has 3 aromatic carbocycles. The number of benzene rings is 3. The van der Waals surface area contributed by atoms with Crippen molar-refractivity contribution in [2.24, 2.45) is 0 Å². The van der Waals surface area contributed by atoms with Gasteiger partial charge in [-0.05, 0) is 48.0 Å². The molecule has 0 bridgehead atoms. The van der Waals surface area contributed by atoms with Gasteiger partial charge in [-0.1, -0.05) is 36.4 Å². The summed E-state index contributed by atoms with van der Waals surface area (Å²) in [5, 5.41) is 0.822. The minimum absolute atomic E-state index is 0.118. The first-order valence-electron chi connectivity index (χ1n) is 9.23. The minimum Gasteiger partial charge on any atom is -0.435 e. The Kier molecular flexibility index (Phi) is 4.72. The van der Waals surface area contributed by atoms with E-state index in [0.717, 1.165) is 37.4 Å². The van der Waals surface area contributed by atoms with Crippen LogP contribution in [0.4, 0.5) is 8.78 Å². The smallest absolute Gasteiger partial charge is 0.387 e. The predicted molar refractivity (Wildman–Crippen MR) is 116 cm³/mol. The van der Waals surface area contributed by atoms with E-state index >= 15 is 0 Å². The lowest BCUT2D eigenvalue weighted by atomic mass is 10.1. The number of nitrogens with zero attached hydrogens (tertiary/aromatic N) is 2. The molecule has 7 heteroatoms. The third-order valence-corrected chi connectivity index (χ3v) is 5.65. The van der Waals surface area contributed by atoms with Gasteiger partial charge in [0.2, 0.25) is 0 Å². The fraction of sp³-hybridized carbons (Fsp3) is 0.0435. The molecule has 0 spiro atoms. The van der Waals surface area contributed by atoms with Crippen LogP contribution in [0, 0.1) is 0 Å². The number of H-pyrrole nitrogens is 1. The summed E-state index contributed by atoms with van der Waals surface area (Å²) in [6, 6.07) is 22.3. The van der Waals surface area contributed by atoms with Gasteiger partial charge >= 0.3 is 6.61 Å². The van der Waals surface area contributed by atoms with E-state index in [1.54, 1.807) is 23.5 Å². The topological polar surface area (TPSA) is 50.8 Å². The van der Waals surface area contributed by atoms with Crippen molar-refractivity contribution in [3.8, 4) is 5.75 Å². The van der Waals surface area contributed by atoms with Gasteiger partial charge in [-0.3, -0.25) is 0 Å². The summed E-state index contributed by atoms with van der Waals surface area (Å²) < 4.78 is 30.4. The lowest BCUT2D eigenvalue weighted by Gasteiger charge is -2.05. The highest BCUT2D eigenvalue weighted by atomic mass is 32.1.